The highest BCUT2D eigenvalue weighted by molar-refractivity contribution is 14.0. The molecule has 0 aromatic heterocycles. The summed E-state index contributed by atoms with van der Waals surface area (Å²) < 4.78 is 5.01. The van der Waals surface area contributed by atoms with Crippen LogP contribution in [0.2, 0.25) is 0 Å². The first-order valence-electron chi connectivity index (χ1n) is 8.78. The molecule has 0 radical (unpaired) electrons. The predicted molar refractivity (Wildman–Crippen MR) is 113 cm³/mol. The summed E-state index contributed by atoms with van der Waals surface area (Å²) in [7, 11) is 0. The van der Waals surface area contributed by atoms with Crippen molar-refractivity contribution < 1.29 is 14.6 Å². The van der Waals surface area contributed by atoms with Crippen molar-refractivity contribution in [1.82, 2.24) is 10.2 Å². The van der Waals surface area contributed by atoms with Crippen LogP contribution < -0.4 is 11.1 Å². The number of hydrogen-bond donors (Lipinski definition) is 3. The van der Waals surface area contributed by atoms with Crippen molar-refractivity contribution in [3.05, 3.63) is 35.9 Å². The molecule has 1 aliphatic heterocycles. The highest BCUT2D eigenvalue weighted by Gasteiger charge is 2.23. The summed E-state index contributed by atoms with van der Waals surface area (Å²) in [5, 5.41) is 12.8. The first-order chi connectivity index (χ1) is 12.1. The number of hydrogen-bond acceptors (Lipinski definition) is 4. The van der Waals surface area contributed by atoms with Crippen molar-refractivity contribution in [2.45, 2.75) is 31.7 Å². The van der Waals surface area contributed by atoms with Crippen LogP contribution >= 0.6 is 24.0 Å². The van der Waals surface area contributed by atoms with Crippen LogP contribution in [0.3, 0.4) is 0 Å². The zero-order chi connectivity index (χ0) is 18.1. The van der Waals surface area contributed by atoms with E-state index in [0.717, 1.165) is 18.4 Å². The van der Waals surface area contributed by atoms with Gasteiger partial charge in [0.25, 0.3) is 0 Å². The van der Waals surface area contributed by atoms with Crippen LogP contribution in [0.1, 0.15) is 31.2 Å². The molecule has 146 valence electrons. The lowest BCUT2D eigenvalue weighted by molar-refractivity contribution is 0.0963. The van der Waals surface area contributed by atoms with Crippen molar-refractivity contribution in [3.8, 4) is 0 Å². The van der Waals surface area contributed by atoms with Gasteiger partial charge in [0, 0.05) is 25.0 Å². The van der Waals surface area contributed by atoms with Crippen molar-refractivity contribution in [2.75, 3.05) is 32.8 Å². The predicted octanol–water partition coefficient (Wildman–Crippen LogP) is 1.91. The summed E-state index contributed by atoms with van der Waals surface area (Å²) in [5.41, 5.74) is 7.03. The van der Waals surface area contributed by atoms with E-state index in [1.807, 2.05) is 30.3 Å². The van der Waals surface area contributed by atoms with Crippen LogP contribution in [0.15, 0.2) is 35.3 Å². The molecule has 0 aliphatic carbocycles. The Bertz CT molecular complexity index is 563. The maximum atomic E-state index is 11.7. The number of ether oxygens (including phenoxy) is 1. The standard InChI is InChI=1S/C18H28N4O3.HI/c1-2-25-18(24)22-10-8-16(9-11-22)21-17(19)20-12-15(13-23)14-6-4-3-5-7-14;/h3-7,15-16,23H,2,8-13H2,1H3,(H3,19,20,21);1H. The van der Waals surface area contributed by atoms with Gasteiger partial charge in [0.2, 0.25) is 0 Å². The van der Waals surface area contributed by atoms with E-state index < -0.39 is 0 Å². The zero-order valence-electron chi connectivity index (χ0n) is 15.1. The van der Waals surface area contributed by atoms with Crippen molar-refractivity contribution >= 4 is 36.0 Å². The lowest BCUT2D eigenvalue weighted by Crippen LogP contribution is -2.48. The summed E-state index contributed by atoms with van der Waals surface area (Å²) in [4.78, 5) is 17.8. The second-order valence-corrected chi connectivity index (χ2v) is 6.12. The zero-order valence-corrected chi connectivity index (χ0v) is 17.5. The molecule has 1 aromatic rings. The van der Waals surface area contributed by atoms with Crippen molar-refractivity contribution in [1.29, 1.82) is 0 Å². The second kappa shape index (κ2) is 11.9. The van der Waals surface area contributed by atoms with E-state index in [2.05, 4.69) is 10.3 Å². The van der Waals surface area contributed by atoms with Crippen LogP contribution in [-0.4, -0.2) is 60.9 Å². The third-order valence-electron chi connectivity index (χ3n) is 4.35. The Morgan fingerprint density at radius 1 is 1.38 bits per heavy atom. The normalized spacial score (nSPS) is 16.5. The van der Waals surface area contributed by atoms with Gasteiger partial charge in [-0.1, -0.05) is 30.3 Å². The Labute approximate surface area is 172 Å². The van der Waals surface area contributed by atoms with E-state index in [1.165, 1.54) is 0 Å². The number of carbonyl (C=O) groups excluding carboxylic acids is 1. The Hall–Kier alpha value is -1.55. The molecule has 7 nitrogen and oxygen atoms in total. The number of benzene rings is 1. The minimum Gasteiger partial charge on any atom is -0.450 e. The first kappa shape index (κ1) is 22.5. The third-order valence-corrected chi connectivity index (χ3v) is 4.35. The summed E-state index contributed by atoms with van der Waals surface area (Å²) >= 11 is 0. The monoisotopic (exact) mass is 476 g/mol. The van der Waals surface area contributed by atoms with E-state index in [0.29, 0.717) is 32.2 Å². The lowest BCUT2D eigenvalue weighted by atomic mass is 10.0. The van der Waals surface area contributed by atoms with Gasteiger partial charge in [-0.3, -0.25) is 4.99 Å². The molecule has 0 bridgehead atoms. The first-order valence-corrected chi connectivity index (χ1v) is 8.78. The summed E-state index contributed by atoms with van der Waals surface area (Å²) in [6, 6.07) is 9.98. The number of guanidine groups is 1. The van der Waals surface area contributed by atoms with Gasteiger partial charge in [0.15, 0.2) is 5.96 Å². The molecule has 26 heavy (non-hydrogen) atoms. The maximum Gasteiger partial charge on any atom is 0.409 e. The number of aliphatic hydroxyl groups excluding tert-OH is 1. The number of piperidine rings is 1. The van der Waals surface area contributed by atoms with Crippen LogP contribution in [0.5, 0.6) is 0 Å². The van der Waals surface area contributed by atoms with Gasteiger partial charge in [-0.05, 0) is 25.3 Å². The molecule has 4 N–H and O–H groups in total. The topological polar surface area (TPSA) is 100 Å². The van der Waals surface area contributed by atoms with E-state index in [9.17, 15) is 9.90 Å². The molecule has 1 aliphatic rings. The molecule has 1 aromatic carbocycles. The number of aliphatic imine (C=N–C) groups is 1. The smallest absolute Gasteiger partial charge is 0.409 e. The Balaban J connectivity index is 0.00000338. The molecule has 8 heteroatoms. The molecule has 2 rings (SSSR count). The number of amides is 1. The molecule has 0 spiro atoms. The van der Waals surface area contributed by atoms with Gasteiger partial charge >= 0.3 is 6.09 Å². The van der Waals surface area contributed by atoms with Crippen molar-refractivity contribution in [2.24, 2.45) is 10.7 Å². The fourth-order valence-corrected chi connectivity index (χ4v) is 2.88. The number of nitrogens with two attached hydrogens (primary N) is 1. The molecule has 1 atom stereocenters. The van der Waals surface area contributed by atoms with Gasteiger partial charge < -0.3 is 25.8 Å². The number of rotatable bonds is 6. The van der Waals surface area contributed by atoms with Gasteiger partial charge in [-0.2, -0.15) is 0 Å². The van der Waals surface area contributed by atoms with Gasteiger partial charge in [-0.25, -0.2) is 4.79 Å². The number of carbonyl (C=O) groups is 1. The number of nitrogens with zero attached hydrogens (tertiary/aromatic N) is 2. The molecule has 1 heterocycles. The Kier molecular flexibility index (Phi) is 10.3. The number of aliphatic hydroxyl groups is 1. The molecule has 1 unspecified atom stereocenters. The van der Waals surface area contributed by atoms with E-state index >= 15 is 0 Å². The minimum absolute atomic E-state index is 0. The summed E-state index contributed by atoms with van der Waals surface area (Å²) in [6.45, 7) is 3.95. The summed E-state index contributed by atoms with van der Waals surface area (Å²) in [5.74, 6) is 0.316. The van der Waals surface area contributed by atoms with E-state index in [4.69, 9.17) is 10.5 Å². The van der Waals surface area contributed by atoms with Gasteiger partial charge in [-0.15, -0.1) is 24.0 Å². The summed E-state index contributed by atoms with van der Waals surface area (Å²) in [6.07, 6.45) is 1.35. The number of nitrogens with one attached hydrogen (secondary N) is 1. The molecular formula is C18H29IN4O3. The van der Waals surface area contributed by atoms with Crippen molar-refractivity contribution in [3.63, 3.8) is 0 Å². The Morgan fingerprint density at radius 3 is 2.62 bits per heavy atom. The fourth-order valence-electron chi connectivity index (χ4n) is 2.88. The third kappa shape index (κ3) is 6.99. The maximum absolute atomic E-state index is 11.7. The van der Waals surface area contributed by atoms with Crippen LogP contribution in [0.25, 0.3) is 0 Å². The molecule has 0 saturated carbocycles. The van der Waals surface area contributed by atoms with Gasteiger partial charge in [0.05, 0.1) is 19.8 Å². The average molecular weight is 476 g/mol. The largest absolute Gasteiger partial charge is 0.450 e. The fraction of sp³-hybridized carbons (Fsp3) is 0.556. The molecular weight excluding hydrogens is 447 g/mol. The minimum atomic E-state index is -0.253. The van der Waals surface area contributed by atoms with Crippen LogP contribution in [-0.2, 0) is 4.74 Å². The van der Waals surface area contributed by atoms with E-state index in [1.54, 1.807) is 11.8 Å². The highest BCUT2D eigenvalue weighted by Crippen LogP contribution is 2.15. The molecule has 1 fully saturated rings. The quantitative estimate of drug-likeness (QED) is 0.331. The molecule has 1 saturated heterocycles. The molecule has 1 amide bonds. The van der Waals surface area contributed by atoms with Gasteiger partial charge in [0.1, 0.15) is 0 Å². The van der Waals surface area contributed by atoms with Crippen LogP contribution in [0, 0.1) is 0 Å². The highest BCUT2D eigenvalue weighted by atomic mass is 127. The number of halogens is 1. The Morgan fingerprint density at radius 2 is 2.04 bits per heavy atom. The second-order valence-electron chi connectivity index (χ2n) is 6.12. The average Bonchev–Trinajstić information content (AvgIpc) is 2.64. The van der Waals surface area contributed by atoms with E-state index in [-0.39, 0.29) is 48.6 Å². The number of likely N-dealkylation sites (tertiary alicyclic amines) is 1. The lowest BCUT2D eigenvalue weighted by Gasteiger charge is -2.31. The van der Waals surface area contributed by atoms with Crippen LogP contribution in [0.4, 0.5) is 4.79 Å². The SMILES string of the molecule is CCOC(=O)N1CCC(NC(N)=NCC(CO)c2ccccc2)CC1.I.